The first-order valence-corrected chi connectivity index (χ1v) is 10.3. The number of hydrogen-bond donors (Lipinski definition) is 1. The van der Waals surface area contributed by atoms with Crippen LogP contribution in [0.1, 0.15) is 5.56 Å². The van der Waals surface area contributed by atoms with Crippen LogP contribution < -0.4 is 19.7 Å². The van der Waals surface area contributed by atoms with Crippen LogP contribution in [0.2, 0.25) is 5.02 Å². The van der Waals surface area contributed by atoms with E-state index in [0.717, 1.165) is 17.7 Å². The van der Waals surface area contributed by atoms with Gasteiger partial charge in [0.1, 0.15) is 19.8 Å². The summed E-state index contributed by atoms with van der Waals surface area (Å²) in [6.07, 6.45) is 4.29. The highest BCUT2D eigenvalue weighted by atomic mass is 35.5. The van der Waals surface area contributed by atoms with E-state index < -0.39 is 0 Å². The molecule has 0 radical (unpaired) electrons. The maximum atomic E-state index is 12.6. The van der Waals surface area contributed by atoms with Crippen LogP contribution in [-0.2, 0) is 18.3 Å². The van der Waals surface area contributed by atoms with E-state index in [4.69, 9.17) is 21.1 Å². The molecule has 1 saturated heterocycles. The number of nitrogens with one attached hydrogen (secondary N) is 1. The zero-order chi connectivity index (χ0) is 21.1. The van der Waals surface area contributed by atoms with Gasteiger partial charge in [0.15, 0.2) is 17.5 Å². The van der Waals surface area contributed by atoms with Crippen molar-refractivity contribution < 1.29 is 14.3 Å². The van der Waals surface area contributed by atoms with E-state index in [1.54, 1.807) is 22.8 Å². The molecule has 1 N–H and O–H groups in total. The Morgan fingerprint density at radius 2 is 2.13 bits per heavy atom. The minimum atomic E-state index is 0.0239. The van der Waals surface area contributed by atoms with Crippen molar-refractivity contribution in [1.29, 1.82) is 0 Å². The number of hydrogen-bond acceptors (Lipinski definition) is 5. The van der Waals surface area contributed by atoms with E-state index in [9.17, 15) is 4.79 Å². The molecule has 4 rings (SSSR count). The number of anilines is 1. The summed E-state index contributed by atoms with van der Waals surface area (Å²) in [5, 5.41) is 8.04. The molecule has 1 aromatic carbocycles. The topological polar surface area (TPSA) is 84.2 Å². The molecular formula is C20H25ClN6O3. The number of benzene rings is 1. The van der Waals surface area contributed by atoms with Gasteiger partial charge in [-0.1, -0.05) is 11.6 Å². The Bertz CT molecular complexity index is 960. The summed E-state index contributed by atoms with van der Waals surface area (Å²) < 4.78 is 12.9. The average molecular weight is 433 g/mol. The third-order valence-corrected chi connectivity index (χ3v) is 5.37. The van der Waals surface area contributed by atoms with Crippen molar-refractivity contribution in [2.75, 3.05) is 51.3 Å². The normalized spacial score (nSPS) is 16.8. The van der Waals surface area contributed by atoms with Gasteiger partial charge in [0.2, 0.25) is 5.91 Å². The summed E-state index contributed by atoms with van der Waals surface area (Å²) >= 11 is 6.31. The highest BCUT2D eigenvalue weighted by Gasteiger charge is 2.27. The molecule has 0 spiro atoms. The lowest BCUT2D eigenvalue weighted by Gasteiger charge is -2.35. The minimum Gasteiger partial charge on any atom is -0.486 e. The number of guanidine groups is 1. The first-order valence-electron chi connectivity index (χ1n) is 9.88. The van der Waals surface area contributed by atoms with E-state index in [0.29, 0.717) is 55.3 Å². The molecule has 1 aromatic heterocycles. The third-order valence-electron chi connectivity index (χ3n) is 5.09. The first kappa shape index (κ1) is 20.3. The second-order valence-electron chi connectivity index (χ2n) is 7.16. The van der Waals surface area contributed by atoms with Gasteiger partial charge < -0.3 is 24.6 Å². The fourth-order valence-electron chi connectivity index (χ4n) is 3.63. The number of fused-ring (bicyclic) bond motifs is 1. The number of carbonyl (C=O) groups is 1. The van der Waals surface area contributed by atoms with Crippen LogP contribution in [0.3, 0.4) is 0 Å². The van der Waals surface area contributed by atoms with Crippen molar-refractivity contribution >= 4 is 29.2 Å². The monoisotopic (exact) mass is 432 g/mol. The number of piperazine rings is 1. The largest absolute Gasteiger partial charge is 0.486 e. The number of halogens is 1. The van der Waals surface area contributed by atoms with Crippen LogP contribution in [0, 0.1) is 0 Å². The Labute approximate surface area is 180 Å². The summed E-state index contributed by atoms with van der Waals surface area (Å²) in [4.78, 5) is 20.7. The first-order chi connectivity index (χ1) is 14.5. The molecule has 2 aromatic rings. The lowest BCUT2D eigenvalue weighted by molar-refractivity contribution is -0.120. The molecule has 1 amide bonds. The van der Waals surface area contributed by atoms with Gasteiger partial charge in [0.25, 0.3) is 0 Å². The number of carbonyl (C=O) groups excluding carboxylic acids is 1. The molecule has 2 aliphatic rings. The maximum absolute atomic E-state index is 12.6. The highest BCUT2D eigenvalue weighted by Crippen LogP contribution is 2.38. The molecule has 0 unspecified atom stereocenters. The minimum absolute atomic E-state index is 0.0239. The standard InChI is InChI=1S/C20H25ClN6O3/c1-22-20(26-5-6-27(18(28)13-26)15-11-24-25(2)12-15)23-4-3-14-9-16(21)19-17(10-14)29-7-8-30-19/h9-12H,3-8,13H2,1-2H3,(H,22,23). The van der Waals surface area contributed by atoms with Gasteiger partial charge in [-0.05, 0) is 24.1 Å². The Hall–Kier alpha value is -2.94. The summed E-state index contributed by atoms with van der Waals surface area (Å²) in [6.45, 7) is 3.23. The van der Waals surface area contributed by atoms with Crippen LogP contribution in [-0.4, -0.2) is 73.0 Å². The molecule has 1 fully saturated rings. The molecule has 0 aliphatic carbocycles. The molecule has 3 heterocycles. The number of ether oxygens (including phenoxy) is 2. The van der Waals surface area contributed by atoms with Gasteiger partial charge in [0.05, 0.1) is 16.9 Å². The second kappa shape index (κ2) is 8.83. The lowest BCUT2D eigenvalue weighted by atomic mass is 10.1. The van der Waals surface area contributed by atoms with Crippen molar-refractivity contribution in [2.45, 2.75) is 6.42 Å². The van der Waals surface area contributed by atoms with Gasteiger partial charge >= 0.3 is 0 Å². The predicted octanol–water partition coefficient (Wildman–Crippen LogP) is 1.31. The number of aromatic nitrogens is 2. The average Bonchev–Trinajstić information content (AvgIpc) is 3.17. The van der Waals surface area contributed by atoms with E-state index in [-0.39, 0.29) is 12.5 Å². The Kier molecular flexibility index (Phi) is 5.98. The van der Waals surface area contributed by atoms with Gasteiger partial charge in [0, 0.05) is 39.9 Å². The Morgan fingerprint density at radius 3 is 2.87 bits per heavy atom. The number of aryl methyl sites for hydroxylation is 1. The van der Waals surface area contributed by atoms with Crippen molar-refractivity contribution in [1.82, 2.24) is 20.0 Å². The van der Waals surface area contributed by atoms with Crippen LogP contribution in [0.5, 0.6) is 11.5 Å². The third kappa shape index (κ3) is 4.30. The van der Waals surface area contributed by atoms with Crippen LogP contribution in [0.15, 0.2) is 29.5 Å². The summed E-state index contributed by atoms with van der Waals surface area (Å²) in [7, 11) is 3.56. The molecule has 0 saturated carbocycles. The molecule has 2 aliphatic heterocycles. The SMILES string of the molecule is CN=C(NCCc1cc(Cl)c2c(c1)OCCO2)N1CCN(c2cnn(C)c2)C(=O)C1. The van der Waals surface area contributed by atoms with Crippen molar-refractivity contribution in [3.63, 3.8) is 0 Å². The summed E-state index contributed by atoms with van der Waals surface area (Å²) in [5.74, 6) is 2.03. The highest BCUT2D eigenvalue weighted by molar-refractivity contribution is 6.32. The van der Waals surface area contributed by atoms with E-state index in [2.05, 4.69) is 15.4 Å². The zero-order valence-electron chi connectivity index (χ0n) is 17.1. The molecule has 10 heteroatoms. The summed E-state index contributed by atoms with van der Waals surface area (Å²) in [5.41, 5.74) is 1.87. The number of nitrogens with zero attached hydrogens (tertiary/aromatic N) is 5. The van der Waals surface area contributed by atoms with E-state index in [1.165, 1.54) is 0 Å². The number of rotatable bonds is 4. The van der Waals surface area contributed by atoms with Gasteiger partial charge in [-0.2, -0.15) is 5.10 Å². The van der Waals surface area contributed by atoms with Crippen molar-refractivity contribution in [2.24, 2.45) is 12.0 Å². The zero-order valence-corrected chi connectivity index (χ0v) is 17.9. The fourth-order valence-corrected chi connectivity index (χ4v) is 3.92. The van der Waals surface area contributed by atoms with E-state index >= 15 is 0 Å². The maximum Gasteiger partial charge on any atom is 0.246 e. The van der Waals surface area contributed by atoms with E-state index in [1.807, 2.05) is 30.3 Å². The smallest absolute Gasteiger partial charge is 0.246 e. The lowest BCUT2D eigenvalue weighted by Crippen LogP contribution is -2.55. The quantitative estimate of drug-likeness (QED) is 0.579. The van der Waals surface area contributed by atoms with Crippen LogP contribution in [0.4, 0.5) is 5.69 Å². The Morgan fingerprint density at radius 1 is 1.30 bits per heavy atom. The molecular weight excluding hydrogens is 408 g/mol. The molecule has 9 nitrogen and oxygen atoms in total. The van der Waals surface area contributed by atoms with Gasteiger partial charge in [-0.25, -0.2) is 0 Å². The van der Waals surface area contributed by atoms with Gasteiger partial charge in [-0.3, -0.25) is 14.5 Å². The van der Waals surface area contributed by atoms with Crippen LogP contribution in [0.25, 0.3) is 0 Å². The van der Waals surface area contributed by atoms with Crippen molar-refractivity contribution in [3.8, 4) is 11.5 Å². The summed E-state index contributed by atoms with van der Waals surface area (Å²) in [6, 6.07) is 3.86. The Balaban J connectivity index is 1.32. The second-order valence-corrected chi connectivity index (χ2v) is 7.57. The molecule has 160 valence electrons. The predicted molar refractivity (Wildman–Crippen MR) is 115 cm³/mol. The number of aliphatic imine (C=N–C) groups is 1. The molecule has 0 bridgehead atoms. The fraction of sp³-hybridized carbons (Fsp3) is 0.450. The van der Waals surface area contributed by atoms with Gasteiger partial charge in [-0.15, -0.1) is 0 Å². The van der Waals surface area contributed by atoms with Crippen molar-refractivity contribution in [3.05, 3.63) is 35.1 Å². The molecule has 30 heavy (non-hydrogen) atoms. The van der Waals surface area contributed by atoms with Crippen LogP contribution >= 0.6 is 11.6 Å². The number of amides is 1. The molecule has 0 atom stereocenters.